The van der Waals surface area contributed by atoms with Crippen molar-refractivity contribution in [3.05, 3.63) is 10.6 Å². The molecule has 1 aromatic heterocycles. The third-order valence-corrected chi connectivity index (χ3v) is 6.38. The van der Waals surface area contributed by atoms with Crippen molar-refractivity contribution in [2.75, 3.05) is 31.1 Å². The number of piperidine rings is 1. The summed E-state index contributed by atoms with van der Waals surface area (Å²) in [5.41, 5.74) is 7.53. The minimum atomic E-state index is 0.237. The molecule has 2 atom stereocenters. The van der Waals surface area contributed by atoms with E-state index in [0.717, 1.165) is 25.4 Å². The van der Waals surface area contributed by atoms with Gasteiger partial charge in [0, 0.05) is 36.6 Å². The Morgan fingerprint density at radius 1 is 1.10 bits per heavy atom. The quantitative estimate of drug-likeness (QED) is 0.861. The van der Waals surface area contributed by atoms with Crippen molar-refractivity contribution < 1.29 is 0 Å². The van der Waals surface area contributed by atoms with Gasteiger partial charge in [-0.25, -0.2) is 4.98 Å². The molecular weight excluding hydrogens is 268 g/mol. The molecule has 3 heterocycles. The maximum Gasteiger partial charge on any atom is 0.185 e. The zero-order valence-corrected chi connectivity index (χ0v) is 12.9. The highest BCUT2D eigenvalue weighted by Gasteiger charge is 2.31. The molecule has 0 radical (unpaired) electrons. The number of fused-ring (bicyclic) bond motifs is 2. The van der Waals surface area contributed by atoms with Gasteiger partial charge in [0.15, 0.2) is 5.13 Å². The first-order valence-electron chi connectivity index (χ1n) is 8.05. The molecule has 110 valence electrons. The van der Waals surface area contributed by atoms with Crippen LogP contribution < -0.4 is 10.6 Å². The standard InChI is InChI=1S/C15H24N4S/c16-12-5-3-6-13-14(12)20-15(17-13)19-9-8-18-7-2-1-4-11(18)10-19/h11-12H,1-10,16H2. The minimum absolute atomic E-state index is 0.237. The summed E-state index contributed by atoms with van der Waals surface area (Å²) in [5.74, 6) is 0. The van der Waals surface area contributed by atoms with E-state index in [9.17, 15) is 0 Å². The van der Waals surface area contributed by atoms with Gasteiger partial charge in [0.05, 0.1) is 5.69 Å². The zero-order valence-electron chi connectivity index (χ0n) is 12.1. The SMILES string of the molecule is NC1CCCc2nc(N3CCN4CCCCC4C3)sc21. The number of aromatic nitrogens is 1. The van der Waals surface area contributed by atoms with E-state index in [-0.39, 0.29) is 6.04 Å². The number of piperazine rings is 1. The van der Waals surface area contributed by atoms with E-state index in [2.05, 4.69) is 9.80 Å². The predicted molar refractivity (Wildman–Crippen MR) is 83.4 cm³/mol. The lowest BCUT2D eigenvalue weighted by Crippen LogP contribution is -2.54. The van der Waals surface area contributed by atoms with Gasteiger partial charge in [0.1, 0.15) is 0 Å². The Hall–Kier alpha value is -0.650. The number of rotatable bonds is 1. The monoisotopic (exact) mass is 292 g/mol. The molecule has 0 aromatic carbocycles. The van der Waals surface area contributed by atoms with Crippen LogP contribution in [0.3, 0.4) is 0 Å². The number of nitrogens with two attached hydrogens (primary N) is 1. The lowest BCUT2D eigenvalue weighted by atomic mass is 9.99. The third kappa shape index (κ3) is 2.26. The summed E-state index contributed by atoms with van der Waals surface area (Å²) in [6, 6.07) is 0.994. The second-order valence-corrected chi connectivity index (χ2v) is 7.45. The third-order valence-electron chi connectivity index (χ3n) is 5.09. The molecule has 2 unspecified atom stereocenters. The summed E-state index contributed by atoms with van der Waals surface area (Å²) in [4.78, 5) is 11.5. The van der Waals surface area contributed by atoms with Crippen LogP contribution in [0.15, 0.2) is 0 Å². The van der Waals surface area contributed by atoms with Crippen molar-refractivity contribution in [1.82, 2.24) is 9.88 Å². The smallest absolute Gasteiger partial charge is 0.185 e. The summed E-state index contributed by atoms with van der Waals surface area (Å²) in [5, 5.41) is 1.23. The van der Waals surface area contributed by atoms with E-state index in [1.165, 1.54) is 61.0 Å². The lowest BCUT2D eigenvalue weighted by molar-refractivity contribution is 0.133. The molecule has 0 saturated carbocycles. The summed E-state index contributed by atoms with van der Waals surface area (Å²) >= 11 is 1.86. The Morgan fingerprint density at radius 3 is 2.95 bits per heavy atom. The highest BCUT2D eigenvalue weighted by atomic mass is 32.1. The zero-order chi connectivity index (χ0) is 13.5. The molecule has 0 spiro atoms. The van der Waals surface area contributed by atoms with E-state index in [1.807, 2.05) is 11.3 Å². The van der Waals surface area contributed by atoms with Crippen molar-refractivity contribution in [3.8, 4) is 0 Å². The van der Waals surface area contributed by atoms with E-state index in [0.29, 0.717) is 0 Å². The van der Waals surface area contributed by atoms with Gasteiger partial charge in [0.2, 0.25) is 0 Å². The molecule has 20 heavy (non-hydrogen) atoms. The van der Waals surface area contributed by atoms with E-state index >= 15 is 0 Å². The Bertz CT molecular complexity index is 486. The molecule has 4 rings (SSSR count). The molecule has 2 fully saturated rings. The highest BCUT2D eigenvalue weighted by Crippen LogP contribution is 2.37. The van der Waals surface area contributed by atoms with Crippen molar-refractivity contribution in [2.45, 2.75) is 50.6 Å². The number of anilines is 1. The second-order valence-electron chi connectivity index (χ2n) is 6.44. The van der Waals surface area contributed by atoms with Crippen LogP contribution in [0.25, 0.3) is 0 Å². The molecule has 2 saturated heterocycles. The molecular formula is C15H24N4S. The summed E-state index contributed by atoms with van der Waals surface area (Å²) in [6.45, 7) is 4.82. The van der Waals surface area contributed by atoms with Gasteiger partial charge in [-0.1, -0.05) is 17.8 Å². The number of nitrogens with zero attached hydrogens (tertiary/aromatic N) is 3. The number of hydrogen-bond donors (Lipinski definition) is 1. The van der Waals surface area contributed by atoms with Crippen molar-refractivity contribution >= 4 is 16.5 Å². The molecule has 5 heteroatoms. The molecule has 1 aromatic rings. The second kappa shape index (κ2) is 5.28. The van der Waals surface area contributed by atoms with Crippen LogP contribution in [0.5, 0.6) is 0 Å². The van der Waals surface area contributed by atoms with Crippen LogP contribution in [0.4, 0.5) is 5.13 Å². The molecule has 0 amide bonds. The fraction of sp³-hybridized carbons (Fsp3) is 0.800. The Balaban J connectivity index is 1.53. The number of aryl methyl sites for hydroxylation is 1. The van der Waals surface area contributed by atoms with Gasteiger partial charge in [-0.2, -0.15) is 0 Å². The summed E-state index contributed by atoms with van der Waals surface area (Å²) in [7, 11) is 0. The first-order chi connectivity index (χ1) is 9.81. The maximum absolute atomic E-state index is 6.24. The molecule has 1 aliphatic carbocycles. The molecule has 0 bridgehead atoms. The van der Waals surface area contributed by atoms with Crippen LogP contribution in [-0.4, -0.2) is 42.1 Å². The van der Waals surface area contributed by atoms with Crippen LogP contribution in [0.2, 0.25) is 0 Å². The van der Waals surface area contributed by atoms with Crippen molar-refractivity contribution in [3.63, 3.8) is 0 Å². The summed E-state index contributed by atoms with van der Waals surface area (Å²) < 4.78 is 0. The van der Waals surface area contributed by atoms with Gasteiger partial charge in [-0.3, -0.25) is 4.90 Å². The van der Waals surface area contributed by atoms with Gasteiger partial charge >= 0.3 is 0 Å². The van der Waals surface area contributed by atoms with Crippen molar-refractivity contribution in [2.24, 2.45) is 5.73 Å². The van der Waals surface area contributed by atoms with Gasteiger partial charge in [-0.05, 0) is 38.6 Å². The van der Waals surface area contributed by atoms with Gasteiger partial charge in [-0.15, -0.1) is 0 Å². The van der Waals surface area contributed by atoms with Gasteiger partial charge < -0.3 is 10.6 Å². The average Bonchev–Trinajstić information content (AvgIpc) is 2.92. The van der Waals surface area contributed by atoms with Crippen LogP contribution in [-0.2, 0) is 6.42 Å². The lowest BCUT2D eigenvalue weighted by Gasteiger charge is -2.44. The van der Waals surface area contributed by atoms with E-state index in [1.54, 1.807) is 0 Å². The topological polar surface area (TPSA) is 45.4 Å². The predicted octanol–water partition coefficient (Wildman–Crippen LogP) is 2.15. The average molecular weight is 292 g/mol. The number of hydrogen-bond acceptors (Lipinski definition) is 5. The minimum Gasteiger partial charge on any atom is -0.345 e. The Labute approximate surface area is 125 Å². The fourth-order valence-electron chi connectivity index (χ4n) is 3.90. The molecule has 2 N–H and O–H groups in total. The molecule has 3 aliphatic rings. The first-order valence-corrected chi connectivity index (χ1v) is 8.87. The largest absolute Gasteiger partial charge is 0.345 e. The molecule has 4 nitrogen and oxygen atoms in total. The van der Waals surface area contributed by atoms with Gasteiger partial charge in [0.25, 0.3) is 0 Å². The van der Waals surface area contributed by atoms with E-state index in [4.69, 9.17) is 10.7 Å². The van der Waals surface area contributed by atoms with Crippen LogP contribution in [0, 0.1) is 0 Å². The van der Waals surface area contributed by atoms with E-state index < -0.39 is 0 Å². The fourth-order valence-corrected chi connectivity index (χ4v) is 5.09. The molecule has 2 aliphatic heterocycles. The maximum atomic E-state index is 6.24. The highest BCUT2D eigenvalue weighted by molar-refractivity contribution is 7.15. The normalized spacial score (nSPS) is 30.9. The number of thiazole rings is 1. The first kappa shape index (κ1) is 13.0. The summed E-state index contributed by atoms with van der Waals surface area (Å²) in [6.07, 6.45) is 7.61. The van der Waals surface area contributed by atoms with Crippen LogP contribution in [0.1, 0.15) is 48.7 Å². The van der Waals surface area contributed by atoms with Crippen molar-refractivity contribution in [1.29, 1.82) is 0 Å². The Morgan fingerprint density at radius 2 is 2.05 bits per heavy atom. The van der Waals surface area contributed by atoms with Crippen LogP contribution >= 0.6 is 11.3 Å². The Kier molecular flexibility index (Phi) is 3.44.